The predicted octanol–water partition coefficient (Wildman–Crippen LogP) is 3.79. The second-order valence-electron chi connectivity index (χ2n) is 4.95. The summed E-state index contributed by atoms with van der Waals surface area (Å²) in [5, 5.41) is 0.655. The number of hydrogen-bond donors (Lipinski definition) is 0. The number of carbonyl (C=O) groups excluding carboxylic acids is 1. The fourth-order valence-electron chi connectivity index (χ4n) is 2.20. The molecule has 2 aromatic carbocycles. The molecule has 0 saturated heterocycles. The number of halogens is 1. The number of nitrogens with zero attached hydrogens (tertiary/aromatic N) is 2. The molecule has 0 aliphatic rings. The highest BCUT2D eigenvalue weighted by Gasteiger charge is 2.08. The van der Waals surface area contributed by atoms with Gasteiger partial charge in [-0.3, -0.25) is 4.79 Å². The van der Waals surface area contributed by atoms with Gasteiger partial charge in [0.25, 0.3) is 5.91 Å². The van der Waals surface area contributed by atoms with E-state index in [1.54, 1.807) is 0 Å². The van der Waals surface area contributed by atoms with Crippen molar-refractivity contribution in [3.05, 3.63) is 58.4 Å². The number of rotatable bonds is 4. The SMILES string of the molecule is Cn1c(=NC(=O)CCOc2ccccc2)sc2cccc(Cl)c21. The van der Waals surface area contributed by atoms with E-state index in [1.165, 1.54) is 11.3 Å². The van der Waals surface area contributed by atoms with Crippen LogP contribution in [0.2, 0.25) is 5.02 Å². The zero-order chi connectivity index (χ0) is 16.2. The Balaban J connectivity index is 1.72. The van der Waals surface area contributed by atoms with Crippen LogP contribution in [0.25, 0.3) is 10.2 Å². The zero-order valence-corrected chi connectivity index (χ0v) is 14.1. The molecule has 0 bridgehead atoms. The van der Waals surface area contributed by atoms with Gasteiger partial charge >= 0.3 is 0 Å². The highest BCUT2D eigenvalue weighted by molar-refractivity contribution is 7.16. The van der Waals surface area contributed by atoms with Gasteiger partial charge in [-0.25, -0.2) is 0 Å². The van der Waals surface area contributed by atoms with Gasteiger partial charge in [-0.05, 0) is 24.3 Å². The normalized spacial score (nSPS) is 11.8. The number of benzene rings is 2. The van der Waals surface area contributed by atoms with Crippen LogP contribution in [0.5, 0.6) is 5.75 Å². The molecule has 3 rings (SSSR count). The number of ether oxygens (including phenoxy) is 1. The van der Waals surface area contributed by atoms with Gasteiger partial charge in [-0.2, -0.15) is 4.99 Å². The maximum Gasteiger partial charge on any atom is 0.251 e. The molecule has 0 saturated carbocycles. The lowest BCUT2D eigenvalue weighted by Gasteiger charge is -2.03. The van der Waals surface area contributed by atoms with E-state index in [0.29, 0.717) is 16.4 Å². The van der Waals surface area contributed by atoms with Crippen molar-refractivity contribution in [1.29, 1.82) is 0 Å². The number of aromatic nitrogens is 1. The molecule has 1 amide bonds. The molecule has 0 atom stereocenters. The highest BCUT2D eigenvalue weighted by atomic mass is 35.5. The third kappa shape index (κ3) is 3.63. The number of thiazole rings is 1. The number of hydrogen-bond acceptors (Lipinski definition) is 3. The van der Waals surface area contributed by atoms with Gasteiger partial charge in [-0.15, -0.1) is 0 Å². The molecule has 0 aliphatic carbocycles. The van der Waals surface area contributed by atoms with Gasteiger partial charge in [0.05, 0.1) is 28.3 Å². The smallest absolute Gasteiger partial charge is 0.251 e. The summed E-state index contributed by atoms with van der Waals surface area (Å²) in [6.07, 6.45) is 0.233. The molecule has 118 valence electrons. The second-order valence-corrected chi connectivity index (χ2v) is 6.36. The van der Waals surface area contributed by atoms with Crippen molar-refractivity contribution < 1.29 is 9.53 Å². The van der Waals surface area contributed by atoms with Gasteiger partial charge in [0.2, 0.25) is 0 Å². The van der Waals surface area contributed by atoms with E-state index in [1.807, 2.05) is 60.1 Å². The first-order chi connectivity index (χ1) is 11.1. The van der Waals surface area contributed by atoms with E-state index >= 15 is 0 Å². The molecule has 0 radical (unpaired) electrons. The van der Waals surface area contributed by atoms with Crippen LogP contribution in [0.3, 0.4) is 0 Å². The van der Waals surface area contributed by atoms with Gasteiger partial charge < -0.3 is 9.30 Å². The molecular formula is C17H15ClN2O2S. The first-order valence-electron chi connectivity index (χ1n) is 7.14. The van der Waals surface area contributed by atoms with E-state index in [-0.39, 0.29) is 12.3 Å². The molecule has 1 aromatic heterocycles. The molecular weight excluding hydrogens is 332 g/mol. The standard InChI is InChI=1S/C17H15ClN2O2S/c1-20-16-13(18)8-5-9-14(16)23-17(20)19-15(21)10-11-22-12-6-3-2-4-7-12/h2-9H,10-11H2,1H3. The fraction of sp³-hybridized carbons (Fsp3) is 0.176. The number of para-hydroxylation sites is 2. The van der Waals surface area contributed by atoms with Crippen molar-refractivity contribution in [2.45, 2.75) is 6.42 Å². The lowest BCUT2D eigenvalue weighted by atomic mass is 10.3. The Morgan fingerprint density at radius 1 is 1.22 bits per heavy atom. The Kier molecular flexibility index (Phi) is 4.79. The van der Waals surface area contributed by atoms with Gasteiger partial charge in [-0.1, -0.05) is 47.2 Å². The Morgan fingerprint density at radius 2 is 2.00 bits per heavy atom. The van der Waals surface area contributed by atoms with Gasteiger partial charge in [0, 0.05) is 7.05 Å². The van der Waals surface area contributed by atoms with Crippen LogP contribution in [0.4, 0.5) is 0 Å². The molecule has 6 heteroatoms. The van der Waals surface area contributed by atoms with Crippen molar-refractivity contribution in [2.75, 3.05) is 6.61 Å². The lowest BCUT2D eigenvalue weighted by Crippen LogP contribution is -2.14. The first-order valence-corrected chi connectivity index (χ1v) is 8.34. The fourth-order valence-corrected chi connectivity index (χ4v) is 3.62. The van der Waals surface area contributed by atoms with E-state index in [2.05, 4.69) is 4.99 Å². The predicted molar refractivity (Wildman–Crippen MR) is 92.9 cm³/mol. The van der Waals surface area contributed by atoms with Crippen molar-refractivity contribution >= 4 is 39.1 Å². The average molecular weight is 347 g/mol. The summed E-state index contributed by atoms with van der Waals surface area (Å²) in [7, 11) is 1.86. The van der Waals surface area contributed by atoms with Crippen molar-refractivity contribution in [2.24, 2.45) is 12.0 Å². The highest BCUT2D eigenvalue weighted by Crippen LogP contribution is 2.24. The van der Waals surface area contributed by atoms with E-state index < -0.39 is 0 Å². The number of fused-ring (bicyclic) bond motifs is 1. The summed E-state index contributed by atoms with van der Waals surface area (Å²) in [5.74, 6) is 0.540. The molecule has 0 N–H and O–H groups in total. The second kappa shape index (κ2) is 6.98. The lowest BCUT2D eigenvalue weighted by molar-refractivity contribution is -0.118. The minimum Gasteiger partial charge on any atom is -0.493 e. The van der Waals surface area contributed by atoms with Crippen LogP contribution >= 0.6 is 22.9 Å². The summed E-state index contributed by atoms with van der Waals surface area (Å²) in [6, 6.07) is 15.1. The van der Waals surface area contributed by atoms with Gasteiger partial charge in [0.1, 0.15) is 5.75 Å². The Labute approximate surface area is 142 Å². The Bertz CT molecular complexity index is 900. The summed E-state index contributed by atoms with van der Waals surface area (Å²) in [5.41, 5.74) is 0.895. The largest absolute Gasteiger partial charge is 0.493 e. The summed E-state index contributed by atoms with van der Waals surface area (Å²) >= 11 is 7.65. The molecule has 0 unspecified atom stereocenters. The Morgan fingerprint density at radius 3 is 2.74 bits per heavy atom. The van der Waals surface area contributed by atoms with Crippen molar-refractivity contribution in [1.82, 2.24) is 4.57 Å². The topological polar surface area (TPSA) is 43.6 Å². The van der Waals surface area contributed by atoms with Gasteiger partial charge in [0.15, 0.2) is 4.80 Å². The van der Waals surface area contributed by atoms with Crippen LogP contribution in [0.15, 0.2) is 53.5 Å². The van der Waals surface area contributed by atoms with E-state index in [9.17, 15) is 4.79 Å². The molecule has 1 heterocycles. The summed E-state index contributed by atoms with van der Waals surface area (Å²) in [6.45, 7) is 0.307. The monoisotopic (exact) mass is 346 g/mol. The summed E-state index contributed by atoms with van der Waals surface area (Å²) < 4.78 is 8.37. The average Bonchev–Trinajstić information content (AvgIpc) is 2.86. The minimum atomic E-state index is -0.209. The van der Waals surface area contributed by atoms with E-state index in [4.69, 9.17) is 16.3 Å². The number of carbonyl (C=O) groups is 1. The molecule has 0 fully saturated rings. The third-order valence-electron chi connectivity index (χ3n) is 3.32. The van der Waals surface area contributed by atoms with Crippen LogP contribution in [-0.2, 0) is 11.8 Å². The minimum absolute atomic E-state index is 0.209. The summed E-state index contributed by atoms with van der Waals surface area (Å²) in [4.78, 5) is 16.8. The zero-order valence-electron chi connectivity index (χ0n) is 12.5. The third-order valence-corrected chi connectivity index (χ3v) is 4.72. The van der Waals surface area contributed by atoms with Crippen LogP contribution in [-0.4, -0.2) is 17.1 Å². The van der Waals surface area contributed by atoms with Crippen molar-refractivity contribution in [3.63, 3.8) is 0 Å². The van der Waals surface area contributed by atoms with Crippen molar-refractivity contribution in [3.8, 4) is 5.75 Å². The molecule has 4 nitrogen and oxygen atoms in total. The maximum atomic E-state index is 12.0. The molecule has 0 aliphatic heterocycles. The number of amides is 1. The van der Waals surface area contributed by atoms with Crippen LogP contribution in [0.1, 0.15) is 6.42 Å². The van der Waals surface area contributed by atoms with Crippen LogP contribution < -0.4 is 9.54 Å². The first kappa shape index (κ1) is 15.8. The van der Waals surface area contributed by atoms with Crippen LogP contribution in [0, 0.1) is 0 Å². The number of aryl methyl sites for hydroxylation is 1. The van der Waals surface area contributed by atoms with E-state index in [0.717, 1.165) is 16.0 Å². The Hall–Kier alpha value is -2.11. The molecule has 23 heavy (non-hydrogen) atoms. The quantitative estimate of drug-likeness (QED) is 0.721. The maximum absolute atomic E-state index is 12.0. The molecule has 0 spiro atoms. The molecule has 3 aromatic rings.